The standard InChI is InChI=1S/C19H15FN4S/c1-2-10-24-18(16-6-8-17(20)9-7-16)22-23-19(24)25-13-15-5-3-4-14(11-15)12-21/h2-9,11H,1,10,13H2. The van der Waals surface area contributed by atoms with Crippen LogP contribution in [-0.2, 0) is 12.3 Å². The second kappa shape index (κ2) is 7.77. The highest BCUT2D eigenvalue weighted by atomic mass is 32.2. The van der Waals surface area contributed by atoms with Crippen LogP contribution in [0.2, 0.25) is 0 Å². The molecule has 0 aliphatic carbocycles. The van der Waals surface area contributed by atoms with Gasteiger partial charge in [-0.15, -0.1) is 16.8 Å². The Labute approximate surface area is 149 Å². The predicted octanol–water partition coefficient (Wildman–Crippen LogP) is 4.43. The molecule has 124 valence electrons. The molecule has 3 aromatic rings. The van der Waals surface area contributed by atoms with Gasteiger partial charge in [-0.05, 0) is 42.0 Å². The molecule has 1 aromatic heterocycles. The first kappa shape index (κ1) is 16.9. The molecule has 0 N–H and O–H groups in total. The molecule has 0 atom stereocenters. The SMILES string of the molecule is C=CCn1c(SCc2cccc(C#N)c2)nnc1-c1ccc(F)cc1. The fraction of sp³-hybridized carbons (Fsp3) is 0.105. The van der Waals surface area contributed by atoms with E-state index in [0.717, 1.165) is 16.3 Å². The van der Waals surface area contributed by atoms with Gasteiger partial charge < -0.3 is 0 Å². The first-order chi connectivity index (χ1) is 12.2. The first-order valence-electron chi connectivity index (χ1n) is 7.63. The van der Waals surface area contributed by atoms with Crippen LogP contribution in [0.4, 0.5) is 4.39 Å². The molecule has 0 spiro atoms. The van der Waals surface area contributed by atoms with Crippen LogP contribution in [0.25, 0.3) is 11.4 Å². The Morgan fingerprint density at radius 3 is 2.72 bits per heavy atom. The van der Waals surface area contributed by atoms with E-state index in [0.29, 0.717) is 23.7 Å². The highest BCUT2D eigenvalue weighted by Crippen LogP contribution is 2.26. The monoisotopic (exact) mass is 350 g/mol. The Bertz CT molecular complexity index is 925. The minimum atomic E-state index is -0.287. The van der Waals surface area contributed by atoms with Gasteiger partial charge in [0, 0.05) is 17.9 Å². The van der Waals surface area contributed by atoms with E-state index in [1.807, 2.05) is 22.8 Å². The number of hydrogen-bond donors (Lipinski definition) is 0. The van der Waals surface area contributed by atoms with Crippen molar-refractivity contribution in [3.63, 3.8) is 0 Å². The van der Waals surface area contributed by atoms with Crippen LogP contribution in [0.1, 0.15) is 11.1 Å². The van der Waals surface area contributed by atoms with Crippen molar-refractivity contribution in [2.24, 2.45) is 0 Å². The van der Waals surface area contributed by atoms with Gasteiger partial charge in [-0.3, -0.25) is 4.57 Å². The molecule has 2 aromatic carbocycles. The van der Waals surface area contributed by atoms with E-state index in [1.54, 1.807) is 24.3 Å². The van der Waals surface area contributed by atoms with Crippen molar-refractivity contribution in [2.75, 3.05) is 0 Å². The largest absolute Gasteiger partial charge is 0.298 e. The van der Waals surface area contributed by atoms with E-state index in [2.05, 4.69) is 22.8 Å². The van der Waals surface area contributed by atoms with Crippen molar-refractivity contribution in [1.82, 2.24) is 14.8 Å². The van der Waals surface area contributed by atoms with Crippen LogP contribution in [0.3, 0.4) is 0 Å². The Morgan fingerprint density at radius 1 is 1.20 bits per heavy atom. The van der Waals surface area contributed by atoms with Crippen LogP contribution < -0.4 is 0 Å². The summed E-state index contributed by atoms with van der Waals surface area (Å²) in [7, 11) is 0. The summed E-state index contributed by atoms with van der Waals surface area (Å²) in [6.45, 7) is 4.34. The summed E-state index contributed by atoms with van der Waals surface area (Å²) in [4.78, 5) is 0. The van der Waals surface area contributed by atoms with Crippen LogP contribution in [0.5, 0.6) is 0 Å². The van der Waals surface area contributed by atoms with Crippen molar-refractivity contribution in [2.45, 2.75) is 17.5 Å². The number of nitrogens with zero attached hydrogens (tertiary/aromatic N) is 4. The number of aromatic nitrogens is 3. The van der Waals surface area contributed by atoms with E-state index < -0.39 is 0 Å². The lowest BCUT2D eigenvalue weighted by molar-refractivity contribution is 0.628. The van der Waals surface area contributed by atoms with Gasteiger partial charge in [0.1, 0.15) is 5.82 Å². The predicted molar refractivity (Wildman–Crippen MR) is 96.3 cm³/mol. The van der Waals surface area contributed by atoms with Gasteiger partial charge in [0.25, 0.3) is 0 Å². The summed E-state index contributed by atoms with van der Waals surface area (Å²) in [5.41, 5.74) is 2.48. The van der Waals surface area contributed by atoms with Crippen LogP contribution in [0, 0.1) is 17.1 Å². The average molecular weight is 350 g/mol. The van der Waals surface area contributed by atoms with Crippen molar-refractivity contribution < 1.29 is 4.39 Å². The fourth-order valence-corrected chi connectivity index (χ4v) is 3.27. The molecule has 6 heteroatoms. The lowest BCUT2D eigenvalue weighted by Gasteiger charge is -2.08. The summed E-state index contributed by atoms with van der Waals surface area (Å²) in [6.07, 6.45) is 1.77. The number of thioether (sulfide) groups is 1. The van der Waals surface area contributed by atoms with Crippen molar-refractivity contribution in [1.29, 1.82) is 5.26 Å². The Hall–Kier alpha value is -2.91. The number of benzene rings is 2. The topological polar surface area (TPSA) is 54.5 Å². The fourth-order valence-electron chi connectivity index (χ4n) is 2.38. The van der Waals surface area contributed by atoms with Gasteiger partial charge in [-0.25, -0.2) is 4.39 Å². The third-order valence-electron chi connectivity index (χ3n) is 3.55. The maximum atomic E-state index is 13.1. The van der Waals surface area contributed by atoms with Gasteiger partial charge in [0.15, 0.2) is 11.0 Å². The second-order valence-electron chi connectivity index (χ2n) is 5.31. The molecule has 0 saturated heterocycles. The molecule has 0 radical (unpaired) electrons. The van der Waals surface area contributed by atoms with Gasteiger partial charge >= 0.3 is 0 Å². The van der Waals surface area contributed by atoms with Gasteiger partial charge in [0.05, 0.1) is 11.6 Å². The smallest absolute Gasteiger partial charge is 0.192 e. The van der Waals surface area contributed by atoms with Crippen molar-refractivity contribution >= 4 is 11.8 Å². The molecule has 0 saturated carbocycles. The maximum Gasteiger partial charge on any atom is 0.192 e. The van der Waals surface area contributed by atoms with E-state index in [-0.39, 0.29) is 5.82 Å². The van der Waals surface area contributed by atoms with E-state index in [1.165, 1.54) is 23.9 Å². The molecule has 4 nitrogen and oxygen atoms in total. The molecular weight excluding hydrogens is 335 g/mol. The van der Waals surface area contributed by atoms with Gasteiger partial charge in [-0.1, -0.05) is 30.0 Å². The Balaban J connectivity index is 1.85. The summed E-state index contributed by atoms with van der Waals surface area (Å²) in [5, 5.41) is 18.3. The third-order valence-corrected chi connectivity index (χ3v) is 4.59. The zero-order valence-corrected chi connectivity index (χ0v) is 14.2. The molecule has 3 rings (SSSR count). The highest BCUT2D eigenvalue weighted by molar-refractivity contribution is 7.98. The zero-order chi connectivity index (χ0) is 17.6. The third kappa shape index (κ3) is 3.95. The van der Waals surface area contributed by atoms with E-state index in [4.69, 9.17) is 5.26 Å². The Morgan fingerprint density at radius 2 is 2.00 bits per heavy atom. The zero-order valence-electron chi connectivity index (χ0n) is 13.4. The Kier molecular flexibility index (Phi) is 5.26. The number of rotatable bonds is 6. The summed E-state index contributed by atoms with van der Waals surface area (Å²) in [6, 6.07) is 15.8. The molecule has 0 aliphatic heterocycles. The number of hydrogen-bond acceptors (Lipinski definition) is 4. The van der Waals surface area contributed by atoms with Crippen molar-refractivity contribution in [3.8, 4) is 17.5 Å². The maximum absolute atomic E-state index is 13.1. The normalized spacial score (nSPS) is 10.4. The molecule has 0 fully saturated rings. The van der Waals surface area contributed by atoms with Gasteiger partial charge in [0.2, 0.25) is 0 Å². The molecule has 0 aliphatic rings. The molecule has 0 amide bonds. The lowest BCUT2D eigenvalue weighted by Crippen LogP contribution is -2.00. The van der Waals surface area contributed by atoms with Crippen LogP contribution in [0.15, 0.2) is 66.3 Å². The van der Waals surface area contributed by atoms with Crippen molar-refractivity contribution in [3.05, 3.63) is 78.1 Å². The number of allylic oxidation sites excluding steroid dienone is 1. The minimum absolute atomic E-state index is 0.287. The summed E-state index contributed by atoms with van der Waals surface area (Å²) < 4.78 is 15.1. The average Bonchev–Trinajstić information content (AvgIpc) is 3.04. The van der Waals surface area contributed by atoms with Crippen LogP contribution in [-0.4, -0.2) is 14.8 Å². The van der Waals surface area contributed by atoms with E-state index >= 15 is 0 Å². The van der Waals surface area contributed by atoms with E-state index in [9.17, 15) is 4.39 Å². The van der Waals surface area contributed by atoms with Crippen LogP contribution >= 0.6 is 11.8 Å². The molecule has 0 bridgehead atoms. The second-order valence-corrected chi connectivity index (χ2v) is 6.26. The number of nitriles is 1. The number of halogens is 1. The lowest BCUT2D eigenvalue weighted by atomic mass is 10.2. The molecule has 1 heterocycles. The molecular formula is C19H15FN4S. The summed E-state index contributed by atoms with van der Waals surface area (Å²) >= 11 is 1.54. The quantitative estimate of drug-likeness (QED) is 0.487. The molecule has 25 heavy (non-hydrogen) atoms. The van der Waals surface area contributed by atoms with Gasteiger partial charge in [-0.2, -0.15) is 5.26 Å². The first-order valence-corrected chi connectivity index (χ1v) is 8.61. The highest BCUT2D eigenvalue weighted by Gasteiger charge is 2.13. The summed E-state index contributed by atoms with van der Waals surface area (Å²) in [5.74, 6) is 1.06. The minimum Gasteiger partial charge on any atom is -0.298 e. The molecule has 0 unspecified atom stereocenters.